The molecule has 0 aliphatic heterocycles. The maximum absolute atomic E-state index is 11.3. The van der Waals surface area contributed by atoms with Gasteiger partial charge < -0.3 is 5.32 Å². The molecule has 2 rings (SSSR count). The van der Waals surface area contributed by atoms with Crippen LogP contribution in [0.25, 0.3) is 0 Å². The molecule has 0 spiro atoms. The molecule has 88 valence electrons. The van der Waals surface area contributed by atoms with E-state index in [1.165, 1.54) is 0 Å². The summed E-state index contributed by atoms with van der Waals surface area (Å²) in [5.74, 6) is 0. The van der Waals surface area contributed by atoms with Gasteiger partial charge in [0.1, 0.15) is 4.47 Å². The molecule has 0 aromatic carbocycles. The minimum Gasteiger partial charge on any atom is -0.376 e. The largest absolute Gasteiger partial charge is 0.376 e. The van der Waals surface area contributed by atoms with Crippen molar-refractivity contribution in [2.45, 2.75) is 13.0 Å². The number of pyridine rings is 1. The van der Waals surface area contributed by atoms with Crippen LogP contribution in [0.1, 0.15) is 18.5 Å². The summed E-state index contributed by atoms with van der Waals surface area (Å²) in [5.41, 5.74) is 1.50. The van der Waals surface area contributed by atoms with Gasteiger partial charge in [-0.25, -0.2) is 5.10 Å². The molecule has 6 heteroatoms. The fraction of sp³-hybridized carbons (Fsp3) is 0.182. The third-order valence-electron chi connectivity index (χ3n) is 2.37. The Morgan fingerprint density at radius 2 is 2.12 bits per heavy atom. The van der Waals surface area contributed by atoms with E-state index >= 15 is 0 Å². The predicted octanol–water partition coefficient (Wildman–Crippen LogP) is 2.10. The highest BCUT2D eigenvalue weighted by molar-refractivity contribution is 9.10. The summed E-state index contributed by atoms with van der Waals surface area (Å²) in [7, 11) is 0. The van der Waals surface area contributed by atoms with Gasteiger partial charge in [-0.15, -0.1) is 0 Å². The molecule has 2 aromatic rings. The summed E-state index contributed by atoms with van der Waals surface area (Å²) in [6, 6.07) is 3.91. The zero-order valence-electron chi connectivity index (χ0n) is 9.14. The van der Waals surface area contributed by atoms with Crippen molar-refractivity contribution in [1.29, 1.82) is 0 Å². The van der Waals surface area contributed by atoms with Gasteiger partial charge in [-0.2, -0.15) is 5.10 Å². The van der Waals surface area contributed by atoms with Crippen molar-refractivity contribution in [3.8, 4) is 0 Å². The fourth-order valence-corrected chi connectivity index (χ4v) is 1.76. The number of nitrogens with one attached hydrogen (secondary N) is 2. The Morgan fingerprint density at radius 1 is 1.41 bits per heavy atom. The minimum absolute atomic E-state index is 0.0675. The first-order chi connectivity index (χ1) is 8.18. The van der Waals surface area contributed by atoms with E-state index in [1.54, 1.807) is 18.6 Å². The third kappa shape index (κ3) is 2.71. The Morgan fingerprint density at radius 3 is 2.82 bits per heavy atom. The van der Waals surface area contributed by atoms with Crippen LogP contribution in [0.5, 0.6) is 0 Å². The van der Waals surface area contributed by atoms with E-state index in [-0.39, 0.29) is 11.6 Å². The van der Waals surface area contributed by atoms with Crippen molar-refractivity contribution in [3.63, 3.8) is 0 Å². The van der Waals surface area contributed by atoms with Crippen LogP contribution in [0.15, 0.2) is 40.0 Å². The highest BCUT2D eigenvalue weighted by Gasteiger charge is 2.09. The van der Waals surface area contributed by atoms with Crippen LogP contribution in [0.2, 0.25) is 0 Å². The molecular formula is C11H11BrN4O. The van der Waals surface area contributed by atoms with Crippen LogP contribution in [0, 0.1) is 0 Å². The molecule has 2 N–H and O–H groups in total. The number of hydrogen-bond acceptors (Lipinski definition) is 4. The number of nitrogens with zero attached hydrogens (tertiary/aromatic N) is 2. The summed E-state index contributed by atoms with van der Waals surface area (Å²) in [6.45, 7) is 2.00. The Balaban J connectivity index is 2.22. The molecule has 0 aliphatic rings. The first kappa shape index (κ1) is 11.8. The van der Waals surface area contributed by atoms with E-state index in [9.17, 15) is 4.79 Å². The van der Waals surface area contributed by atoms with Crippen LogP contribution in [0.3, 0.4) is 0 Å². The maximum Gasteiger partial charge on any atom is 0.280 e. The topological polar surface area (TPSA) is 70.7 Å². The van der Waals surface area contributed by atoms with Gasteiger partial charge in [-0.1, -0.05) is 0 Å². The second-order valence-electron chi connectivity index (χ2n) is 3.57. The van der Waals surface area contributed by atoms with Crippen LogP contribution < -0.4 is 10.9 Å². The number of hydrogen-bond donors (Lipinski definition) is 2. The van der Waals surface area contributed by atoms with Gasteiger partial charge in [0, 0.05) is 18.4 Å². The average molecular weight is 295 g/mol. The summed E-state index contributed by atoms with van der Waals surface area (Å²) in [4.78, 5) is 15.3. The molecule has 0 saturated carbocycles. The third-order valence-corrected chi connectivity index (χ3v) is 3.16. The standard InChI is InChI=1S/C11H11BrN4O/c1-7(8-2-4-13-5-3-8)15-9-6-14-16-11(17)10(9)12/h2-7H,1H3,(H2,15,16,17). The lowest BCUT2D eigenvalue weighted by Crippen LogP contribution is -2.14. The summed E-state index contributed by atoms with van der Waals surface area (Å²) in [6.07, 6.45) is 5.04. The quantitative estimate of drug-likeness (QED) is 0.909. The summed E-state index contributed by atoms with van der Waals surface area (Å²) < 4.78 is 0.452. The van der Waals surface area contributed by atoms with Gasteiger partial charge in [0.2, 0.25) is 0 Å². The monoisotopic (exact) mass is 294 g/mol. The lowest BCUT2D eigenvalue weighted by molar-refractivity contribution is 0.868. The average Bonchev–Trinajstić information content (AvgIpc) is 2.36. The number of aromatic amines is 1. The van der Waals surface area contributed by atoms with Gasteiger partial charge in [0.15, 0.2) is 0 Å². The number of halogens is 1. The molecule has 0 aliphatic carbocycles. The van der Waals surface area contributed by atoms with Crippen molar-refractivity contribution in [2.75, 3.05) is 5.32 Å². The van der Waals surface area contributed by atoms with E-state index in [2.05, 4.69) is 36.4 Å². The molecule has 0 amide bonds. The smallest absolute Gasteiger partial charge is 0.280 e. The van der Waals surface area contributed by atoms with Gasteiger partial charge >= 0.3 is 0 Å². The Hall–Kier alpha value is -1.69. The van der Waals surface area contributed by atoms with E-state index in [0.29, 0.717) is 10.2 Å². The van der Waals surface area contributed by atoms with Crippen molar-refractivity contribution in [2.24, 2.45) is 0 Å². The maximum atomic E-state index is 11.3. The second-order valence-corrected chi connectivity index (χ2v) is 4.37. The molecule has 0 fully saturated rings. The van der Waals surface area contributed by atoms with E-state index < -0.39 is 0 Å². The van der Waals surface area contributed by atoms with Gasteiger partial charge in [0.05, 0.1) is 11.9 Å². The number of anilines is 1. The Bertz CT molecular complexity index is 555. The zero-order chi connectivity index (χ0) is 12.3. The first-order valence-electron chi connectivity index (χ1n) is 5.08. The van der Waals surface area contributed by atoms with Crippen LogP contribution in [0.4, 0.5) is 5.69 Å². The van der Waals surface area contributed by atoms with Gasteiger partial charge in [-0.3, -0.25) is 9.78 Å². The van der Waals surface area contributed by atoms with Crippen LogP contribution in [-0.4, -0.2) is 15.2 Å². The van der Waals surface area contributed by atoms with Crippen molar-refractivity contribution in [3.05, 3.63) is 51.1 Å². The lowest BCUT2D eigenvalue weighted by atomic mass is 10.1. The Labute approximate surface area is 106 Å². The first-order valence-corrected chi connectivity index (χ1v) is 5.87. The molecule has 0 radical (unpaired) electrons. The number of rotatable bonds is 3. The predicted molar refractivity (Wildman–Crippen MR) is 68.8 cm³/mol. The van der Waals surface area contributed by atoms with Crippen molar-refractivity contribution >= 4 is 21.6 Å². The molecular weight excluding hydrogens is 284 g/mol. The van der Waals surface area contributed by atoms with Gasteiger partial charge in [-0.05, 0) is 40.5 Å². The van der Waals surface area contributed by atoms with Gasteiger partial charge in [0.25, 0.3) is 5.56 Å². The molecule has 2 aromatic heterocycles. The molecule has 5 nitrogen and oxygen atoms in total. The molecule has 17 heavy (non-hydrogen) atoms. The summed E-state index contributed by atoms with van der Waals surface area (Å²) >= 11 is 3.22. The summed E-state index contributed by atoms with van der Waals surface area (Å²) in [5, 5.41) is 9.31. The van der Waals surface area contributed by atoms with Crippen molar-refractivity contribution in [1.82, 2.24) is 15.2 Å². The van der Waals surface area contributed by atoms with E-state index in [1.807, 2.05) is 19.1 Å². The lowest BCUT2D eigenvalue weighted by Gasteiger charge is -2.15. The highest BCUT2D eigenvalue weighted by Crippen LogP contribution is 2.22. The Kier molecular flexibility index (Phi) is 3.53. The number of H-pyrrole nitrogens is 1. The zero-order valence-corrected chi connectivity index (χ0v) is 10.7. The fourth-order valence-electron chi connectivity index (χ4n) is 1.45. The van der Waals surface area contributed by atoms with E-state index in [0.717, 1.165) is 5.56 Å². The van der Waals surface area contributed by atoms with E-state index in [4.69, 9.17) is 0 Å². The molecule has 0 bridgehead atoms. The normalized spacial score (nSPS) is 12.1. The number of aromatic nitrogens is 3. The minimum atomic E-state index is -0.253. The van der Waals surface area contributed by atoms with Crippen LogP contribution in [-0.2, 0) is 0 Å². The van der Waals surface area contributed by atoms with Crippen molar-refractivity contribution < 1.29 is 0 Å². The SMILES string of the molecule is CC(Nc1cn[nH]c(=O)c1Br)c1ccncc1. The second kappa shape index (κ2) is 5.09. The highest BCUT2D eigenvalue weighted by atomic mass is 79.9. The molecule has 2 heterocycles. The molecule has 0 saturated heterocycles. The molecule has 1 unspecified atom stereocenters. The van der Waals surface area contributed by atoms with Crippen LogP contribution >= 0.6 is 15.9 Å². The molecule has 1 atom stereocenters.